The minimum Gasteiger partial charge on any atom is -0.452 e. The Morgan fingerprint density at radius 3 is 2.30 bits per heavy atom. The van der Waals surface area contributed by atoms with Crippen molar-refractivity contribution in [2.24, 2.45) is 0 Å². The number of esters is 1. The molecule has 1 aromatic rings. The van der Waals surface area contributed by atoms with Gasteiger partial charge in [0.05, 0.1) is 17.5 Å². The first-order valence-electron chi connectivity index (χ1n) is 9.42. The summed E-state index contributed by atoms with van der Waals surface area (Å²) in [7, 11) is 0. The van der Waals surface area contributed by atoms with Crippen molar-refractivity contribution in [1.29, 1.82) is 0 Å². The molecule has 1 saturated carbocycles. The highest BCUT2D eigenvalue weighted by atomic mass is 16.5. The van der Waals surface area contributed by atoms with Crippen LogP contribution in [0.4, 0.5) is 0 Å². The molecule has 1 unspecified atom stereocenters. The summed E-state index contributed by atoms with van der Waals surface area (Å²) < 4.78 is 5.16. The van der Waals surface area contributed by atoms with Crippen molar-refractivity contribution in [3.05, 3.63) is 35.4 Å². The molecule has 1 aliphatic heterocycles. The van der Waals surface area contributed by atoms with E-state index in [-0.39, 0.29) is 24.9 Å². The molecule has 0 saturated heterocycles. The van der Waals surface area contributed by atoms with Crippen molar-refractivity contribution < 1.29 is 23.9 Å². The predicted molar refractivity (Wildman–Crippen MR) is 97.0 cm³/mol. The summed E-state index contributed by atoms with van der Waals surface area (Å²) in [5, 5.41) is 2.91. The van der Waals surface area contributed by atoms with Crippen LogP contribution in [0.15, 0.2) is 24.3 Å². The summed E-state index contributed by atoms with van der Waals surface area (Å²) >= 11 is 0. The SMILES string of the molecule is CC(OC(=O)CCN1C(=O)c2ccccc2C1=O)C(=O)NC1CCCCC1. The van der Waals surface area contributed by atoms with Gasteiger partial charge in [0.25, 0.3) is 17.7 Å². The van der Waals surface area contributed by atoms with Gasteiger partial charge in [0, 0.05) is 12.6 Å². The Labute approximate surface area is 158 Å². The minimum absolute atomic E-state index is 0.0673. The Morgan fingerprint density at radius 1 is 1.11 bits per heavy atom. The number of nitrogens with one attached hydrogen (secondary N) is 1. The van der Waals surface area contributed by atoms with Gasteiger partial charge in [-0.2, -0.15) is 0 Å². The van der Waals surface area contributed by atoms with Crippen LogP contribution in [0.3, 0.4) is 0 Å². The molecule has 27 heavy (non-hydrogen) atoms. The van der Waals surface area contributed by atoms with E-state index < -0.39 is 23.9 Å². The Bertz CT molecular complexity index is 719. The van der Waals surface area contributed by atoms with E-state index in [4.69, 9.17) is 4.74 Å². The second-order valence-electron chi connectivity index (χ2n) is 7.03. The maximum atomic E-state index is 12.3. The molecule has 1 atom stereocenters. The highest BCUT2D eigenvalue weighted by Gasteiger charge is 2.35. The number of hydrogen-bond acceptors (Lipinski definition) is 5. The molecule has 3 rings (SSSR count). The number of benzene rings is 1. The van der Waals surface area contributed by atoms with Crippen LogP contribution >= 0.6 is 0 Å². The van der Waals surface area contributed by atoms with Crippen molar-refractivity contribution in [3.8, 4) is 0 Å². The Balaban J connectivity index is 1.46. The number of fused-ring (bicyclic) bond motifs is 1. The minimum atomic E-state index is -0.901. The largest absolute Gasteiger partial charge is 0.452 e. The van der Waals surface area contributed by atoms with E-state index in [9.17, 15) is 19.2 Å². The van der Waals surface area contributed by atoms with E-state index in [1.165, 1.54) is 13.3 Å². The van der Waals surface area contributed by atoms with Gasteiger partial charge < -0.3 is 10.1 Å². The van der Waals surface area contributed by atoms with E-state index in [1.807, 2.05) is 0 Å². The van der Waals surface area contributed by atoms with Gasteiger partial charge in [-0.25, -0.2) is 0 Å². The second-order valence-corrected chi connectivity index (χ2v) is 7.03. The monoisotopic (exact) mass is 372 g/mol. The first-order chi connectivity index (χ1) is 13.0. The van der Waals surface area contributed by atoms with Crippen LogP contribution in [-0.2, 0) is 14.3 Å². The molecule has 1 aliphatic carbocycles. The maximum Gasteiger partial charge on any atom is 0.308 e. The molecule has 7 nitrogen and oxygen atoms in total. The third-order valence-electron chi connectivity index (χ3n) is 5.05. The standard InChI is InChI=1S/C20H24N2O5/c1-13(18(24)21-14-7-3-2-4-8-14)27-17(23)11-12-22-19(25)15-9-5-6-10-16(15)20(22)26/h5-6,9-10,13-14H,2-4,7-8,11-12H2,1H3,(H,21,24). The molecule has 3 amide bonds. The van der Waals surface area contributed by atoms with Crippen molar-refractivity contribution in [3.63, 3.8) is 0 Å². The molecule has 7 heteroatoms. The molecule has 0 radical (unpaired) electrons. The van der Waals surface area contributed by atoms with E-state index >= 15 is 0 Å². The average Bonchev–Trinajstić information content (AvgIpc) is 2.91. The van der Waals surface area contributed by atoms with Crippen molar-refractivity contribution >= 4 is 23.7 Å². The molecule has 0 spiro atoms. The fraction of sp³-hybridized carbons (Fsp3) is 0.500. The summed E-state index contributed by atoms with van der Waals surface area (Å²) in [6, 6.07) is 6.70. The van der Waals surface area contributed by atoms with Gasteiger partial charge >= 0.3 is 5.97 Å². The fourth-order valence-corrected chi connectivity index (χ4v) is 3.52. The number of nitrogens with zero attached hydrogens (tertiary/aromatic N) is 1. The lowest BCUT2D eigenvalue weighted by Crippen LogP contribution is -2.43. The van der Waals surface area contributed by atoms with E-state index in [1.54, 1.807) is 24.3 Å². The molecule has 1 aromatic carbocycles. The highest BCUT2D eigenvalue weighted by Crippen LogP contribution is 2.22. The molecular weight excluding hydrogens is 348 g/mol. The number of ether oxygens (including phenoxy) is 1. The van der Waals surface area contributed by atoms with Crippen molar-refractivity contribution in [1.82, 2.24) is 10.2 Å². The maximum absolute atomic E-state index is 12.3. The first-order valence-corrected chi connectivity index (χ1v) is 9.42. The molecule has 1 heterocycles. The second kappa shape index (κ2) is 8.33. The topological polar surface area (TPSA) is 92.8 Å². The van der Waals surface area contributed by atoms with Crippen LogP contribution in [0.5, 0.6) is 0 Å². The van der Waals surface area contributed by atoms with E-state index in [2.05, 4.69) is 5.32 Å². The van der Waals surface area contributed by atoms with Crippen LogP contribution in [-0.4, -0.2) is 47.3 Å². The molecule has 1 fully saturated rings. The number of amides is 3. The van der Waals surface area contributed by atoms with Crippen LogP contribution < -0.4 is 5.32 Å². The van der Waals surface area contributed by atoms with E-state index in [0.29, 0.717) is 11.1 Å². The Kier molecular flexibility index (Phi) is 5.88. The fourth-order valence-electron chi connectivity index (χ4n) is 3.52. The summed E-state index contributed by atoms with van der Waals surface area (Å²) in [6.07, 6.45) is 4.24. The number of carbonyl (C=O) groups is 4. The summed E-state index contributed by atoms with van der Waals surface area (Å²) in [5.74, 6) is -1.74. The van der Waals surface area contributed by atoms with Gasteiger partial charge in [0.1, 0.15) is 0 Å². The normalized spacial score (nSPS) is 18.2. The van der Waals surface area contributed by atoms with Crippen LogP contribution in [0, 0.1) is 0 Å². The number of hydrogen-bond donors (Lipinski definition) is 1. The third-order valence-corrected chi connectivity index (χ3v) is 5.05. The molecule has 0 bridgehead atoms. The van der Waals surface area contributed by atoms with Gasteiger partial charge in [-0.05, 0) is 31.9 Å². The zero-order valence-electron chi connectivity index (χ0n) is 15.4. The summed E-state index contributed by atoms with van der Waals surface area (Å²) in [6.45, 7) is 1.46. The predicted octanol–water partition coefficient (Wildman–Crippen LogP) is 2.05. The van der Waals surface area contributed by atoms with Gasteiger partial charge in [0.2, 0.25) is 0 Å². The smallest absolute Gasteiger partial charge is 0.308 e. The molecule has 2 aliphatic rings. The summed E-state index contributed by atoms with van der Waals surface area (Å²) in [5.41, 5.74) is 0.687. The lowest BCUT2D eigenvalue weighted by atomic mass is 9.95. The number of carbonyl (C=O) groups excluding carboxylic acids is 4. The van der Waals surface area contributed by atoms with E-state index in [0.717, 1.165) is 30.6 Å². The third kappa shape index (κ3) is 4.35. The van der Waals surface area contributed by atoms with Gasteiger partial charge in [0.15, 0.2) is 6.10 Å². The zero-order valence-corrected chi connectivity index (χ0v) is 15.4. The molecule has 0 aromatic heterocycles. The molecule has 144 valence electrons. The average molecular weight is 372 g/mol. The van der Waals surface area contributed by atoms with Crippen LogP contribution in [0.25, 0.3) is 0 Å². The molecular formula is C20H24N2O5. The Hall–Kier alpha value is -2.70. The Morgan fingerprint density at radius 2 is 1.70 bits per heavy atom. The quantitative estimate of drug-likeness (QED) is 0.609. The highest BCUT2D eigenvalue weighted by molar-refractivity contribution is 6.21. The van der Waals surface area contributed by atoms with Gasteiger partial charge in [-0.3, -0.25) is 24.1 Å². The number of imide groups is 1. The molecule has 1 N–H and O–H groups in total. The zero-order chi connectivity index (χ0) is 19.4. The van der Waals surface area contributed by atoms with Gasteiger partial charge in [-0.15, -0.1) is 0 Å². The van der Waals surface area contributed by atoms with Crippen LogP contribution in [0.1, 0.15) is 66.2 Å². The first kappa shape index (κ1) is 19.1. The van der Waals surface area contributed by atoms with Crippen LogP contribution in [0.2, 0.25) is 0 Å². The van der Waals surface area contributed by atoms with Gasteiger partial charge in [-0.1, -0.05) is 31.4 Å². The van der Waals surface area contributed by atoms with Crippen molar-refractivity contribution in [2.75, 3.05) is 6.54 Å². The van der Waals surface area contributed by atoms with Crippen molar-refractivity contribution in [2.45, 2.75) is 57.6 Å². The summed E-state index contributed by atoms with van der Waals surface area (Å²) in [4.78, 5) is 49.8. The lowest BCUT2D eigenvalue weighted by molar-refractivity contribution is -0.155. The lowest BCUT2D eigenvalue weighted by Gasteiger charge is -2.24. The number of rotatable bonds is 6.